The highest BCUT2D eigenvalue weighted by atomic mass is 32.2. The van der Waals surface area contributed by atoms with Crippen LogP contribution in [-0.2, 0) is 11.3 Å². The lowest BCUT2D eigenvalue weighted by Gasteiger charge is -2.11. The molecule has 132 valence electrons. The van der Waals surface area contributed by atoms with Crippen molar-refractivity contribution in [2.75, 3.05) is 12.4 Å². The Morgan fingerprint density at radius 2 is 2.08 bits per heavy atom. The number of hydrogen-bond donors (Lipinski definition) is 1. The number of aromatic nitrogens is 4. The van der Waals surface area contributed by atoms with E-state index in [0.717, 1.165) is 11.4 Å². The van der Waals surface area contributed by atoms with Gasteiger partial charge in [-0.2, -0.15) is 0 Å². The first-order chi connectivity index (χ1) is 12.0. The van der Waals surface area contributed by atoms with Gasteiger partial charge >= 0.3 is 0 Å². The fourth-order valence-electron chi connectivity index (χ4n) is 2.43. The first kappa shape index (κ1) is 17.8. The number of aliphatic hydroxyl groups excluding tert-OH is 1. The molecule has 1 atom stereocenters. The van der Waals surface area contributed by atoms with Gasteiger partial charge in [0.15, 0.2) is 5.16 Å². The predicted molar refractivity (Wildman–Crippen MR) is 93.0 cm³/mol. The summed E-state index contributed by atoms with van der Waals surface area (Å²) in [5.41, 5.74) is 2.35. The Balaban J connectivity index is 1.53. The van der Waals surface area contributed by atoms with E-state index in [0.29, 0.717) is 22.3 Å². The Bertz CT molecular complexity index is 871. The number of halogens is 1. The van der Waals surface area contributed by atoms with Crippen LogP contribution in [0.5, 0.6) is 0 Å². The maximum Gasteiger partial charge on any atom is 0.256 e. The third-order valence-electron chi connectivity index (χ3n) is 3.59. The minimum Gasteiger partial charge on any atom is -0.390 e. The molecule has 8 heteroatoms. The Kier molecular flexibility index (Phi) is 5.62. The third kappa shape index (κ3) is 4.33. The Labute approximate surface area is 149 Å². The van der Waals surface area contributed by atoms with Crippen molar-refractivity contribution < 1.29 is 14.2 Å². The fourth-order valence-corrected chi connectivity index (χ4v) is 3.32. The SMILES string of the molecule is Cc1cc(C)n2c(SCC(O)COCc3ccccc3F)nnc2n1. The predicted octanol–water partition coefficient (Wildman–Crippen LogP) is 2.55. The normalized spacial score (nSPS) is 12.6. The molecule has 1 aromatic carbocycles. The molecule has 1 unspecified atom stereocenters. The molecular formula is C17H19FN4O2S. The van der Waals surface area contributed by atoms with E-state index in [1.165, 1.54) is 17.8 Å². The van der Waals surface area contributed by atoms with E-state index >= 15 is 0 Å². The number of thioether (sulfide) groups is 1. The van der Waals surface area contributed by atoms with E-state index in [-0.39, 0.29) is 19.0 Å². The van der Waals surface area contributed by atoms with Gasteiger partial charge in [-0.3, -0.25) is 4.40 Å². The molecule has 0 fully saturated rings. The molecule has 2 aromatic heterocycles. The average Bonchev–Trinajstić information content (AvgIpc) is 2.98. The number of benzene rings is 1. The molecule has 3 aromatic rings. The summed E-state index contributed by atoms with van der Waals surface area (Å²) in [6.45, 7) is 4.12. The van der Waals surface area contributed by atoms with Crippen LogP contribution in [0.2, 0.25) is 0 Å². The van der Waals surface area contributed by atoms with Crippen LogP contribution in [0.15, 0.2) is 35.5 Å². The number of aryl methyl sites for hydroxylation is 2. The van der Waals surface area contributed by atoms with Crippen molar-refractivity contribution in [2.24, 2.45) is 0 Å². The van der Waals surface area contributed by atoms with E-state index in [1.807, 2.05) is 24.3 Å². The second kappa shape index (κ2) is 7.90. The monoisotopic (exact) mass is 362 g/mol. The Morgan fingerprint density at radius 3 is 2.88 bits per heavy atom. The molecule has 6 nitrogen and oxygen atoms in total. The van der Waals surface area contributed by atoms with Crippen molar-refractivity contribution in [3.05, 3.63) is 53.1 Å². The summed E-state index contributed by atoms with van der Waals surface area (Å²) in [5.74, 6) is 0.635. The molecule has 2 heterocycles. The van der Waals surface area contributed by atoms with Gasteiger partial charge in [-0.05, 0) is 26.0 Å². The average molecular weight is 362 g/mol. The molecule has 1 N–H and O–H groups in total. The van der Waals surface area contributed by atoms with Crippen molar-refractivity contribution in [1.82, 2.24) is 19.6 Å². The number of nitrogens with zero attached hydrogens (tertiary/aromatic N) is 4. The Hall–Kier alpha value is -2.03. The highest BCUT2D eigenvalue weighted by Gasteiger charge is 2.13. The van der Waals surface area contributed by atoms with E-state index < -0.39 is 6.10 Å². The van der Waals surface area contributed by atoms with Crippen molar-refractivity contribution in [1.29, 1.82) is 0 Å². The molecule has 0 aliphatic heterocycles. The van der Waals surface area contributed by atoms with E-state index in [1.54, 1.807) is 18.2 Å². The summed E-state index contributed by atoms with van der Waals surface area (Å²) in [5, 5.41) is 18.9. The van der Waals surface area contributed by atoms with Crippen LogP contribution in [0, 0.1) is 19.7 Å². The summed E-state index contributed by atoms with van der Waals surface area (Å²) in [6, 6.07) is 8.39. The summed E-state index contributed by atoms with van der Waals surface area (Å²) < 4.78 is 20.7. The van der Waals surface area contributed by atoms with Gasteiger partial charge in [0.2, 0.25) is 0 Å². The minimum absolute atomic E-state index is 0.119. The molecule has 25 heavy (non-hydrogen) atoms. The molecule has 0 aliphatic carbocycles. The second-order valence-corrected chi connectivity index (χ2v) is 6.72. The molecule has 0 aliphatic rings. The van der Waals surface area contributed by atoms with Gasteiger partial charge < -0.3 is 9.84 Å². The van der Waals surface area contributed by atoms with Crippen LogP contribution in [0.25, 0.3) is 5.78 Å². The van der Waals surface area contributed by atoms with Gasteiger partial charge in [0.05, 0.1) is 19.3 Å². The summed E-state index contributed by atoms with van der Waals surface area (Å²) in [4.78, 5) is 4.33. The summed E-state index contributed by atoms with van der Waals surface area (Å²) in [6.07, 6.45) is -0.692. The summed E-state index contributed by atoms with van der Waals surface area (Å²) in [7, 11) is 0. The maximum absolute atomic E-state index is 13.5. The zero-order valence-corrected chi connectivity index (χ0v) is 14.8. The maximum atomic E-state index is 13.5. The van der Waals surface area contributed by atoms with Crippen molar-refractivity contribution in [2.45, 2.75) is 31.7 Å². The molecule has 0 saturated heterocycles. The van der Waals surface area contributed by atoms with Crippen LogP contribution < -0.4 is 0 Å². The van der Waals surface area contributed by atoms with Crippen LogP contribution in [0.3, 0.4) is 0 Å². The van der Waals surface area contributed by atoms with Crippen LogP contribution in [0.4, 0.5) is 4.39 Å². The van der Waals surface area contributed by atoms with Crippen molar-refractivity contribution in [3.8, 4) is 0 Å². The lowest BCUT2D eigenvalue weighted by molar-refractivity contribution is 0.0386. The molecule has 0 spiro atoms. The first-order valence-electron chi connectivity index (χ1n) is 7.86. The van der Waals surface area contributed by atoms with Gasteiger partial charge in [-0.25, -0.2) is 9.37 Å². The molecule has 0 saturated carbocycles. The zero-order valence-electron chi connectivity index (χ0n) is 14.0. The van der Waals surface area contributed by atoms with Gasteiger partial charge in [-0.15, -0.1) is 10.2 Å². The lowest BCUT2D eigenvalue weighted by Crippen LogP contribution is -2.18. The quantitative estimate of drug-likeness (QED) is 0.651. The molecular weight excluding hydrogens is 343 g/mol. The topological polar surface area (TPSA) is 72.5 Å². The lowest BCUT2D eigenvalue weighted by atomic mass is 10.2. The molecule has 0 radical (unpaired) electrons. The smallest absolute Gasteiger partial charge is 0.256 e. The van der Waals surface area contributed by atoms with Gasteiger partial charge in [-0.1, -0.05) is 30.0 Å². The summed E-state index contributed by atoms with van der Waals surface area (Å²) >= 11 is 1.38. The van der Waals surface area contributed by atoms with E-state index in [9.17, 15) is 9.50 Å². The van der Waals surface area contributed by atoms with Gasteiger partial charge in [0.25, 0.3) is 5.78 Å². The largest absolute Gasteiger partial charge is 0.390 e. The molecule has 0 amide bonds. The van der Waals surface area contributed by atoms with E-state index in [4.69, 9.17) is 4.74 Å². The molecule has 0 bridgehead atoms. The minimum atomic E-state index is -0.692. The highest BCUT2D eigenvalue weighted by Crippen LogP contribution is 2.19. The standard InChI is InChI=1S/C17H19FN4O2S/c1-11-7-12(2)22-16(19-11)20-21-17(22)25-10-14(23)9-24-8-13-5-3-4-6-15(13)18/h3-7,14,23H,8-10H2,1-2H3. The second-order valence-electron chi connectivity index (χ2n) is 5.73. The highest BCUT2D eigenvalue weighted by molar-refractivity contribution is 7.99. The fraction of sp³-hybridized carbons (Fsp3) is 0.353. The number of ether oxygens (including phenoxy) is 1. The number of fused-ring (bicyclic) bond motifs is 1. The zero-order chi connectivity index (χ0) is 17.8. The number of aliphatic hydroxyl groups is 1. The van der Waals surface area contributed by atoms with Crippen LogP contribution >= 0.6 is 11.8 Å². The van der Waals surface area contributed by atoms with Gasteiger partial charge in [0, 0.05) is 22.7 Å². The van der Waals surface area contributed by atoms with Crippen molar-refractivity contribution in [3.63, 3.8) is 0 Å². The van der Waals surface area contributed by atoms with Gasteiger partial charge in [0.1, 0.15) is 5.82 Å². The van der Waals surface area contributed by atoms with E-state index in [2.05, 4.69) is 15.2 Å². The first-order valence-corrected chi connectivity index (χ1v) is 8.84. The molecule has 3 rings (SSSR count). The number of hydrogen-bond acceptors (Lipinski definition) is 6. The van der Waals surface area contributed by atoms with Crippen molar-refractivity contribution >= 4 is 17.5 Å². The van der Waals surface area contributed by atoms with Crippen LogP contribution in [-0.4, -0.2) is 43.2 Å². The number of rotatable bonds is 7. The van der Waals surface area contributed by atoms with Crippen LogP contribution in [0.1, 0.15) is 17.0 Å². The Morgan fingerprint density at radius 1 is 1.28 bits per heavy atom. The third-order valence-corrected chi connectivity index (χ3v) is 4.67.